The van der Waals surface area contributed by atoms with Crippen LogP contribution in [-0.2, 0) is 23.2 Å². The third-order valence-corrected chi connectivity index (χ3v) is 8.34. The standard InChI is InChI=1S/C37H27NO4/c1-38(35(40)26-12-6-3-7-13-26)29-17-19-32-28(23-29)22-27-20-24(21-34(39)25-10-4-2-5-11-25)16-18-31(27)37(32)33-15-9-8-14-30(33)36(41)42-37/h2-20,23H,21-22H2,1H3. The summed E-state index contributed by atoms with van der Waals surface area (Å²) in [5.74, 6) is -0.434. The highest BCUT2D eigenvalue weighted by molar-refractivity contribution is 6.06. The molecular weight excluding hydrogens is 522 g/mol. The Kier molecular flexibility index (Phi) is 6.09. The molecule has 0 radical (unpaired) electrons. The summed E-state index contributed by atoms with van der Waals surface area (Å²) in [4.78, 5) is 41.2. The van der Waals surface area contributed by atoms with Crippen LogP contribution in [0.3, 0.4) is 0 Å². The summed E-state index contributed by atoms with van der Waals surface area (Å²) in [5.41, 5.74) is 6.86. The van der Waals surface area contributed by atoms with Gasteiger partial charge in [0.05, 0.1) is 5.56 Å². The highest BCUT2D eigenvalue weighted by atomic mass is 16.6. The number of carbonyl (C=O) groups excluding carboxylic acids is 3. The van der Waals surface area contributed by atoms with Gasteiger partial charge in [-0.3, -0.25) is 9.59 Å². The number of benzene rings is 5. The molecule has 204 valence electrons. The van der Waals surface area contributed by atoms with Crippen molar-refractivity contribution in [3.8, 4) is 0 Å². The van der Waals surface area contributed by atoms with E-state index >= 15 is 0 Å². The van der Waals surface area contributed by atoms with Gasteiger partial charge in [-0.1, -0.05) is 91.0 Å². The molecule has 42 heavy (non-hydrogen) atoms. The molecule has 1 aliphatic carbocycles. The number of nitrogens with zero attached hydrogens (tertiary/aromatic N) is 1. The largest absolute Gasteiger partial charge is 0.441 e. The first-order chi connectivity index (χ1) is 20.5. The van der Waals surface area contributed by atoms with E-state index < -0.39 is 5.60 Å². The molecule has 0 aromatic heterocycles. The molecule has 5 nitrogen and oxygen atoms in total. The van der Waals surface area contributed by atoms with E-state index in [-0.39, 0.29) is 24.1 Å². The van der Waals surface area contributed by atoms with Crippen molar-refractivity contribution < 1.29 is 19.1 Å². The summed E-state index contributed by atoms with van der Waals surface area (Å²) in [6.07, 6.45) is 0.836. The Morgan fingerprint density at radius 1 is 0.714 bits per heavy atom. The molecule has 5 aromatic carbocycles. The Labute approximate surface area is 244 Å². The summed E-state index contributed by atoms with van der Waals surface area (Å²) in [7, 11) is 1.77. The van der Waals surface area contributed by atoms with E-state index in [9.17, 15) is 14.4 Å². The van der Waals surface area contributed by atoms with Crippen molar-refractivity contribution in [2.24, 2.45) is 0 Å². The van der Waals surface area contributed by atoms with Gasteiger partial charge in [0, 0.05) is 47.0 Å². The van der Waals surface area contributed by atoms with Gasteiger partial charge in [-0.15, -0.1) is 0 Å². The summed E-state index contributed by atoms with van der Waals surface area (Å²) >= 11 is 0. The number of carbonyl (C=O) groups is 3. The molecule has 2 aliphatic rings. The van der Waals surface area contributed by atoms with Gasteiger partial charge in [-0.05, 0) is 53.4 Å². The molecule has 0 N–H and O–H groups in total. The van der Waals surface area contributed by atoms with E-state index in [1.165, 1.54) is 0 Å². The average molecular weight is 550 g/mol. The fourth-order valence-electron chi connectivity index (χ4n) is 6.30. The highest BCUT2D eigenvalue weighted by Crippen LogP contribution is 2.52. The lowest BCUT2D eigenvalue weighted by Gasteiger charge is -2.38. The number of esters is 1. The second kappa shape index (κ2) is 9.96. The fourth-order valence-corrected chi connectivity index (χ4v) is 6.30. The van der Waals surface area contributed by atoms with Crippen molar-refractivity contribution in [2.75, 3.05) is 11.9 Å². The summed E-state index contributed by atoms with van der Waals surface area (Å²) < 4.78 is 6.33. The number of ether oxygens (including phenoxy) is 1. The predicted molar refractivity (Wildman–Crippen MR) is 161 cm³/mol. The Morgan fingerprint density at radius 3 is 2.07 bits per heavy atom. The minimum atomic E-state index is -1.11. The maximum Gasteiger partial charge on any atom is 0.340 e. The number of hydrogen-bond acceptors (Lipinski definition) is 4. The van der Waals surface area contributed by atoms with Crippen molar-refractivity contribution in [2.45, 2.75) is 18.4 Å². The van der Waals surface area contributed by atoms with Crippen LogP contribution in [0.4, 0.5) is 5.69 Å². The van der Waals surface area contributed by atoms with Crippen LogP contribution in [0.1, 0.15) is 64.5 Å². The van der Waals surface area contributed by atoms with Gasteiger partial charge in [-0.2, -0.15) is 0 Å². The molecule has 1 amide bonds. The predicted octanol–water partition coefficient (Wildman–Crippen LogP) is 6.76. The van der Waals surface area contributed by atoms with Crippen LogP contribution < -0.4 is 4.90 Å². The zero-order chi connectivity index (χ0) is 28.8. The molecule has 1 spiro atoms. The van der Waals surface area contributed by atoms with Crippen LogP contribution in [0.25, 0.3) is 0 Å². The minimum absolute atomic E-state index is 0.0439. The molecule has 1 aliphatic heterocycles. The van der Waals surface area contributed by atoms with Gasteiger partial charge in [0.2, 0.25) is 0 Å². The first-order valence-corrected chi connectivity index (χ1v) is 14.0. The Hall–Kier alpha value is -5.29. The monoisotopic (exact) mass is 549 g/mol. The van der Waals surface area contributed by atoms with Crippen LogP contribution >= 0.6 is 0 Å². The average Bonchev–Trinajstić information content (AvgIpc) is 3.33. The van der Waals surface area contributed by atoms with Crippen LogP contribution in [-0.4, -0.2) is 24.7 Å². The molecule has 1 atom stereocenters. The molecule has 5 heteroatoms. The third kappa shape index (κ3) is 4.05. The smallest absolute Gasteiger partial charge is 0.340 e. The van der Waals surface area contributed by atoms with Crippen LogP contribution in [0.2, 0.25) is 0 Å². The Balaban J connectivity index is 1.34. The zero-order valence-electron chi connectivity index (χ0n) is 23.0. The molecule has 0 fully saturated rings. The van der Waals surface area contributed by atoms with Crippen LogP contribution in [0.5, 0.6) is 0 Å². The van der Waals surface area contributed by atoms with E-state index in [1.807, 2.05) is 97.1 Å². The third-order valence-electron chi connectivity index (χ3n) is 8.34. The van der Waals surface area contributed by atoms with Gasteiger partial charge in [0.25, 0.3) is 5.91 Å². The van der Waals surface area contributed by atoms with E-state index in [4.69, 9.17) is 4.74 Å². The minimum Gasteiger partial charge on any atom is -0.441 e. The van der Waals surface area contributed by atoms with Crippen LogP contribution in [0, 0.1) is 0 Å². The Bertz CT molecular complexity index is 1880. The number of hydrogen-bond donors (Lipinski definition) is 0. The quantitative estimate of drug-likeness (QED) is 0.180. The maximum absolute atomic E-state index is 13.3. The van der Waals surface area contributed by atoms with Crippen molar-refractivity contribution in [3.05, 3.63) is 171 Å². The van der Waals surface area contributed by atoms with Crippen LogP contribution in [0.15, 0.2) is 121 Å². The van der Waals surface area contributed by atoms with Crippen molar-refractivity contribution >= 4 is 23.3 Å². The zero-order valence-corrected chi connectivity index (χ0v) is 23.0. The number of rotatable bonds is 5. The second-order valence-corrected chi connectivity index (χ2v) is 10.8. The maximum atomic E-state index is 13.3. The first kappa shape index (κ1) is 25.7. The summed E-state index contributed by atoms with van der Waals surface area (Å²) in [6.45, 7) is 0. The Morgan fingerprint density at radius 2 is 1.33 bits per heavy atom. The molecular formula is C37H27NO4. The molecule has 1 heterocycles. The number of ketones is 1. The number of anilines is 1. The molecule has 0 saturated heterocycles. The SMILES string of the molecule is CN(C(=O)c1ccccc1)c1ccc2c(c1)Cc1cc(CC(=O)c3ccccc3)ccc1C21OC(=O)c2ccccc21. The fraction of sp³-hybridized carbons (Fsp3) is 0.108. The number of amides is 1. The lowest BCUT2D eigenvalue weighted by molar-refractivity contribution is 0.0240. The lowest BCUT2D eigenvalue weighted by Crippen LogP contribution is -2.35. The van der Waals surface area contributed by atoms with Gasteiger partial charge in [0.15, 0.2) is 11.4 Å². The molecule has 5 aromatic rings. The lowest BCUT2D eigenvalue weighted by atomic mass is 9.70. The normalized spacial score (nSPS) is 16.3. The number of Topliss-reactive ketones (excluding diaryl/α,β-unsaturated/α-hetero) is 1. The molecule has 1 unspecified atom stereocenters. The van der Waals surface area contributed by atoms with Crippen molar-refractivity contribution in [1.82, 2.24) is 0 Å². The van der Waals surface area contributed by atoms with Gasteiger partial charge >= 0.3 is 5.97 Å². The summed E-state index contributed by atoms with van der Waals surface area (Å²) in [6, 6.07) is 37.9. The van der Waals surface area contributed by atoms with Gasteiger partial charge < -0.3 is 9.64 Å². The molecule has 0 saturated carbocycles. The summed E-state index contributed by atoms with van der Waals surface area (Å²) in [5, 5.41) is 0. The number of fused-ring (bicyclic) bond motifs is 6. The highest BCUT2D eigenvalue weighted by Gasteiger charge is 2.52. The van der Waals surface area contributed by atoms with E-state index in [0.717, 1.165) is 39.1 Å². The van der Waals surface area contributed by atoms with Crippen molar-refractivity contribution in [1.29, 1.82) is 0 Å². The molecule has 7 rings (SSSR count). The van der Waals surface area contributed by atoms with Crippen molar-refractivity contribution in [3.63, 3.8) is 0 Å². The first-order valence-electron chi connectivity index (χ1n) is 14.0. The molecule has 0 bridgehead atoms. The topological polar surface area (TPSA) is 63.7 Å². The van der Waals surface area contributed by atoms with E-state index in [1.54, 1.807) is 30.1 Å². The van der Waals surface area contributed by atoms with E-state index in [2.05, 4.69) is 6.07 Å². The van der Waals surface area contributed by atoms with Gasteiger partial charge in [0.1, 0.15) is 0 Å². The van der Waals surface area contributed by atoms with E-state index in [0.29, 0.717) is 23.1 Å². The second-order valence-electron chi connectivity index (χ2n) is 10.8. The van der Waals surface area contributed by atoms with Gasteiger partial charge in [-0.25, -0.2) is 4.79 Å².